The first-order valence-electron chi connectivity index (χ1n) is 11.9. The summed E-state index contributed by atoms with van der Waals surface area (Å²) in [6.07, 6.45) is 9.28. The number of carbonyl (C=O) groups is 1. The number of hydrogen-bond donors (Lipinski definition) is 1. The van der Waals surface area contributed by atoms with Crippen LogP contribution in [0.25, 0.3) is 38.4 Å². The van der Waals surface area contributed by atoms with E-state index in [4.69, 9.17) is 11.3 Å². The number of carbonyl (C=O) groups excluding carboxylic acids is 1. The number of β-amino-alcohol motifs (C(OH)–C–C–N with tert-alkyl or cyclic N) is 1. The molecule has 0 saturated carbocycles. The monoisotopic (exact) mass is 499 g/mol. The Morgan fingerprint density at radius 1 is 1.00 bits per heavy atom. The highest BCUT2D eigenvalue weighted by Crippen LogP contribution is 2.22. The zero-order valence-corrected chi connectivity index (χ0v) is 20.8. The van der Waals surface area contributed by atoms with Gasteiger partial charge in [-0.2, -0.15) is 5.26 Å². The van der Waals surface area contributed by atoms with Crippen molar-refractivity contribution in [1.82, 2.24) is 4.90 Å². The van der Waals surface area contributed by atoms with Crippen molar-refractivity contribution in [2.75, 3.05) is 20.3 Å². The van der Waals surface area contributed by atoms with Crippen LogP contribution in [0.15, 0.2) is 109 Å². The van der Waals surface area contributed by atoms with Crippen molar-refractivity contribution < 1.29 is 14.6 Å². The van der Waals surface area contributed by atoms with Gasteiger partial charge in [-0.05, 0) is 57.3 Å². The molecule has 0 aromatic heterocycles. The van der Waals surface area contributed by atoms with Gasteiger partial charge >= 0.3 is 5.97 Å². The third kappa shape index (κ3) is 5.63. The molecule has 0 saturated heterocycles. The van der Waals surface area contributed by atoms with Crippen LogP contribution in [-0.4, -0.2) is 36.2 Å². The summed E-state index contributed by atoms with van der Waals surface area (Å²) in [5, 5.41) is 20.2. The molecule has 38 heavy (non-hydrogen) atoms. The van der Waals surface area contributed by atoms with Gasteiger partial charge in [0.05, 0.1) is 20.3 Å². The Morgan fingerprint density at radius 2 is 1.55 bits per heavy atom. The summed E-state index contributed by atoms with van der Waals surface area (Å²) in [6, 6.07) is 24.7. The van der Waals surface area contributed by atoms with Gasteiger partial charge in [-0.25, -0.2) is 9.64 Å². The van der Waals surface area contributed by atoms with E-state index in [-0.39, 0.29) is 12.2 Å². The number of nitriles is 1. The van der Waals surface area contributed by atoms with Crippen LogP contribution in [-0.2, 0) is 9.53 Å². The zero-order chi connectivity index (χ0) is 26.9. The van der Waals surface area contributed by atoms with Crippen LogP contribution in [0, 0.1) is 17.9 Å². The van der Waals surface area contributed by atoms with Crippen LogP contribution in [0.5, 0.6) is 0 Å². The molecule has 0 radical (unpaired) electrons. The maximum atomic E-state index is 12.6. The second-order valence-electron chi connectivity index (χ2n) is 8.39. The normalized spacial score (nSPS) is 13.8. The van der Waals surface area contributed by atoms with Crippen LogP contribution in [0.4, 0.5) is 0 Å². The predicted octanol–water partition coefficient (Wildman–Crippen LogP) is 4.16. The molecule has 6 nitrogen and oxygen atoms in total. The lowest BCUT2D eigenvalue weighted by Gasteiger charge is -2.17. The molecule has 1 N–H and O–H groups in total. The number of allylic oxidation sites excluding steroid dienone is 3. The molecule has 0 fully saturated rings. The summed E-state index contributed by atoms with van der Waals surface area (Å²) in [5.74, 6) is -0.724. The Hall–Kier alpha value is -5.17. The van der Waals surface area contributed by atoms with Gasteiger partial charge in [0.2, 0.25) is 0 Å². The molecule has 4 rings (SSSR count). The predicted molar refractivity (Wildman–Crippen MR) is 148 cm³/mol. The molecule has 1 aliphatic heterocycles. The second-order valence-corrected chi connectivity index (χ2v) is 8.39. The summed E-state index contributed by atoms with van der Waals surface area (Å²) in [7, 11) is 1.25. The minimum absolute atomic E-state index is 0.0372. The number of ether oxygens (including phenoxy) is 1. The number of methoxy groups -OCH3 is 1. The van der Waals surface area contributed by atoms with Crippen molar-refractivity contribution in [3.63, 3.8) is 0 Å². The number of aliphatic hydroxyl groups excluding tert-OH is 1. The van der Waals surface area contributed by atoms with Gasteiger partial charge in [0.25, 0.3) is 0 Å². The van der Waals surface area contributed by atoms with Crippen molar-refractivity contribution in [3.05, 3.63) is 131 Å². The van der Waals surface area contributed by atoms with E-state index in [9.17, 15) is 15.2 Å². The van der Waals surface area contributed by atoms with Gasteiger partial charge in [0.15, 0.2) is 5.70 Å². The summed E-state index contributed by atoms with van der Waals surface area (Å²) < 4.78 is 4.92. The molecule has 0 amide bonds. The highest BCUT2D eigenvalue weighted by Gasteiger charge is 2.16. The van der Waals surface area contributed by atoms with E-state index in [0.717, 1.165) is 16.7 Å². The smallest absolute Gasteiger partial charge is 0.349 e. The standard InChI is InChI=1S/C32H25N3O3/c1-34-31(19-23-13-15-35(16-14-23)17-18-36)29-21-26(24-9-5-3-6-10-24)28(30(22-33)32(37)38-2)20-27(29)25-11-7-4-8-12-25/h3-16,19-21,36H,17-18H2,2H3/b30-28-,31-29+. The number of hydrogen-bond acceptors (Lipinski definition) is 5. The lowest BCUT2D eigenvalue weighted by atomic mass is 9.93. The third-order valence-corrected chi connectivity index (χ3v) is 6.07. The summed E-state index contributed by atoms with van der Waals surface area (Å²) in [6.45, 7) is 8.57. The van der Waals surface area contributed by atoms with Crippen molar-refractivity contribution in [2.24, 2.45) is 0 Å². The number of rotatable bonds is 6. The van der Waals surface area contributed by atoms with Gasteiger partial charge < -0.3 is 14.7 Å². The fourth-order valence-electron chi connectivity index (χ4n) is 4.21. The van der Waals surface area contributed by atoms with Crippen LogP contribution in [0.1, 0.15) is 0 Å². The largest absolute Gasteiger partial charge is 0.465 e. The number of benzene rings is 3. The third-order valence-electron chi connectivity index (χ3n) is 6.07. The van der Waals surface area contributed by atoms with E-state index >= 15 is 0 Å². The minimum atomic E-state index is -0.724. The second kappa shape index (κ2) is 12.2. The van der Waals surface area contributed by atoms with Gasteiger partial charge in [0, 0.05) is 24.2 Å². The molecule has 1 aliphatic rings. The topological polar surface area (TPSA) is 77.9 Å². The molecule has 6 heteroatoms. The van der Waals surface area contributed by atoms with Crippen LogP contribution in [0.2, 0.25) is 0 Å². The molecule has 0 atom stereocenters. The van der Waals surface area contributed by atoms with Gasteiger partial charge in [-0.1, -0.05) is 66.7 Å². The van der Waals surface area contributed by atoms with E-state index in [1.165, 1.54) is 7.11 Å². The van der Waals surface area contributed by atoms with Gasteiger partial charge in [-0.3, -0.25) is 0 Å². The van der Waals surface area contributed by atoms with E-state index in [1.807, 2.05) is 108 Å². The molecule has 0 unspecified atom stereocenters. The first kappa shape index (κ1) is 25.9. The summed E-state index contributed by atoms with van der Waals surface area (Å²) in [4.78, 5) is 18.3. The Labute approximate surface area is 221 Å². The maximum absolute atomic E-state index is 12.6. The molecule has 3 aromatic rings. The number of aliphatic hydroxyl groups is 1. The molecule has 186 valence electrons. The van der Waals surface area contributed by atoms with Crippen molar-refractivity contribution in [1.29, 1.82) is 5.26 Å². The van der Waals surface area contributed by atoms with Crippen molar-refractivity contribution in [3.8, 4) is 28.3 Å². The minimum Gasteiger partial charge on any atom is -0.465 e. The van der Waals surface area contributed by atoms with Crippen molar-refractivity contribution in [2.45, 2.75) is 0 Å². The fraction of sp³-hybridized carbons (Fsp3) is 0.0938. The molecular formula is C32H25N3O3. The molecular weight excluding hydrogens is 474 g/mol. The molecule has 3 aromatic carbocycles. The maximum Gasteiger partial charge on any atom is 0.349 e. The van der Waals surface area contributed by atoms with E-state index in [2.05, 4.69) is 4.85 Å². The van der Waals surface area contributed by atoms with Crippen molar-refractivity contribution >= 4 is 17.2 Å². The number of nitrogens with zero attached hydrogens (tertiary/aromatic N) is 3. The van der Waals surface area contributed by atoms with E-state index in [0.29, 0.717) is 33.8 Å². The number of esters is 1. The molecule has 0 spiro atoms. The Balaban J connectivity index is 2.11. The summed E-state index contributed by atoms with van der Waals surface area (Å²) in [5.41, 5.74) is 4.12. The quantitative estimate of drug-likeness (QED) is 0.407. The molecule has 0 bridgehead atoms. The highest BCUT2D eigenvalue weighted by molar-refractivity contribution is 6.16. The Kier molecular flexibility index (Phi) is 8.31. The lowest BCUT2D eigenvalue weighted by molar-refractivity contribution is -0.133. The molecule has 1 heterocycles. The van der Waals surface area contributed by atoms with Crippen LogP contribution >= 0.6 is 0 Å². The van der Waals surface area contributed by atoms with Crippen LogP contribution < -0.4 is 10.4 Å². The lowest BCUT2D eigenvalue weighted by Crippen LogP contribution is -2.22. The average Bonchev–Trinajstić information content (AvgIpc) is 2.98. The Bertz CT molecular complexity index is 1620. The first-order chi connectivity index (χ1) is 18.6. The fourth-order valence-corrected chi connectivity index (χ4v) is 4.21. The summed E-state index contributed by atoms with van der Waals surface area (Å²) >= 11 is 0. The SMILES string of the molecule is [C-]#[N+]/C(C=C1C=CN(CCO)C=C1)=c1\cc(-c2ccccc2)/c(=C(/C#N)C(=O)OC)cc1-c1ccccc1. The zero-order valence-electron chi connectivity index (χ0n) is 20.8. The Morgan fingerprint density at radius 3 is 2.05 bits per heavy atom. The first-order valence-corrected chi connectivity index (χ1v) is 11.9. The molecule has 0 aliphatic carbocycles. The average molecular weight is 500 g/mol. The van der Waals surface area contributed by atoms with E-state index in [1.54, 1.807) is 6.07 Å². The van der Waals surface area contributed by atoms with Gasteiger partial charge in [0.1, 0.15) is 11.6 Å². The van der Waals surface area contributed by atoms with E-state index < -0.39 is 5.97 Å². The van der Waals surface area contributed by atoms with Crippen LogP contribution in [0.3, 0.4) is 0 Å². The van der Waals surface area contributed by atoms with Gasteiger partial charge in [-0.15, -0.1) is 0 Å². The highest BCUT2D eigenvalue weighted by atomic mass is 16.5.